The van der Waals surface area contributed by atoms with Crippen molar-refractivity contribution in [1.82, 2.24) is 5.32 Å². The van der Waals surface area contributed by atoms with Crippen molar-refractivity contribution in [1.29, 1.82) is 0 Å². The number of nitrogens with one attached hydrogen (secondary N) is 1. The van der Waals surface area contributed by atoms with E-state index in [1.807, 2.05) is 19.9 Å². The zero-order valence-corrected chi connectivity index (χ0v) is 18.0. The number of rotatable bonds is 11. The van der Waals surface area contributed by atoms with Gasteiger partial charge in [0, 0.05) is 37.8 Å². The Morgan fingerprint density at radius 2 is 1.90 bits per heavy atom. The van der Waals surface area contributed by atoms with Crippen LogP contribution in [0.1, 0.15) is 53.2 Å². The zero-order chi connectivity index (χ0) is 21.4. The summed E-state index contributed by atoms with van der Waals surface area (Å²) in [5.74, 6) is 0.874. The van der Waals surface area contributed by atoms with Crippen LogP contribution in [0, 0.1) is 6.92 Å². The maximum atomic E-state index is 12.2. The molecule has 160 valence electrons. The van der Waals surface area contributed by atoms with Gasteiger partial charge in [-0.25, -0.2) is 4.79 Å². The molecular weight excluding hydrogens is 374 g/mol. The molecule has 1 aliphatic rings. The quantitative estimate of drug-likeness (QED) is 0.346. The Morgan fingerprint density at radius 3 is 2.55 bits per heavy atom. The third-order valence-corrected chi connectivity index (χ3v) is 5.08. The van der Waals surface area contributed by atoms with Crippen molar-refractivity contribution in [2.45, 2.75) is 46.1 Å². The number of hydrogen-bond acceptors (Lipinski definition) is 6. The molecule has 1 aliphatic heterocycles. The summed E-state index contributed by atoms with van der Waals surface area (Å²) in [6, 6.07) is 0. The molecular formula is C22H31NO6. The number of amides is 1. The molecule has 29 heavy (non-hydrogen) atoms. The summed E-state index contributed by atoms with van der Waals surface area (Å²) in [7, 11) is 4.80. The van der Waals surface area contributed by atoms with Gasteiger partial charge < -0.3 is 24.3 Å². The molecule has 7 heteroatoms. The number of esters is 1. The van der Waals surface area contributed by atoms with Gasteiger partial charge in [-0.2, -0.15) is 0 Å². The fourth-order valence-electron chi connectivity index (χ4n) is 3.46. The molecule has 0 aliphatic carbocycles. The monoisotopic (exact) mass is 405 g/mol. The molecule has 0 atom stereocenters. The van der Waals surface area contributed by atoms with Crippen LogP contribution in [0.3, 0.4) is 0 Å². The van der Waals surface area contributed by atoms with Crippen LogP contribution in [0.2, 0.25) is 0 Å². The largest absolute Gasteiger partial charge is 0.496 e. The minimum absolute atomic E-state index is 0.0279. The molecule has 0 fully saturated rings. The molecule has 0 aromatic heterocycles. The lowest BCUT2D eigenvalue weighted by Crippen LogP contribution is -2.24. The molecule has 1 aromatic rings. The molecule has 0 spiro atoms. The smallest absolute Gasteiger partial charge is 0.342 e. The summed E-state index contributed by atoms with van der Waals surface area (Å²) in [5.41, 5.74) is 4.10. The lowest BCUT2D eigenvalue weighted by Gasteiger charge is -2.18. The number of benzene rings is 1. The van der Waals surface area contributed by atoms with Crippen molar-refractivity contribution in [3.05, 3.63) is 33.9 Å². The second kappa shape index (κ2) is 10.9. The number of cyclic esters (lactones) is 1. The first-order valence-corrected chi connectivity index (χ1v) is 9.79. The first-order chi connectivity index (χ1) is 13.9. The van der Waals surface area contributed by atoms with E-state index < -0.39 is 0 Å². The number of methoxy groups -OCH3 is 3. The van der Waals surface area contributed by atoms with Crippen LogP contribution in [-0.2, 0) is 27.3 Å². The number of hydrogen-bond donors (Lipinski definition) is 1. The summed E-state index contributed by atoms with van der Waals surface area (Å²) in [4.78, 5) is 24.1. The number of fused-ring (bicyclic) bond motifs is 1. The van der Waals surface area contributed by atoms with E-state index in [1.54, 1.807) is 21.3 Å². The predicted molar refractivity (Wildman–Crippen MR) is 110 cm³/mol. The van der Waals surface area contributed by atoms with Gasteiger partial charge in [0.1, 0.15) is 23.7 Å². The van der Waals surface area contributed by atoms with E-state index in [1.165, 1.54) is 0 Å². The summed E-state index contributed by atoms with van der Waals surface area (Å²) >= 11 is 0. The van der Waals surface area contributed by atoms with E-state index in [9.17, 15) is 9.59 Å². The van der Waals surface area contributed by atoms with Crippen LogP contribution in [0.5, 0.6) is 11.5 Å². The number of ether oxygens (including phenoxy) is 4. The lowest BCUT2D eigenvalue weighted by molar-refractivity contribution is -0.121. The lowest BCUT2D eigenvalue weighted by atomic mass is 9.94. The van der Waals surface area contributed by atoms with Crippen LogP contribution >= 0.6 is 0 Å². The molecule has 7 nitrogen and oxygen atoms in total. The second-order valence-electron chi connectivity index (χ2n) is 7.05. The third-order valence-electron chi connectivity index (χ3n) is 5.08. The minimum Gasteiger partial charge on any atom is -0.496 e. The maximum absolute atomic E-state index is 12.2. The fraction of sp³-hybridized carbons (Fsp3) is 0.545. The second-order valence-corrected chi connectivity index (χ2v) is 7.05. The number of carbonyl (C=O) groups is 2. The topological polar surface area (TPSA) is 83.1 Å². The van der Waals surface area contributed by atoms with Gasteiger partial charge in [-0.3, -0.25) is 4.79 Å². The summed E-state index contributed by atoms with van der Waals surface area (Å²) < 4.78 is 21.4. The Labute approximate surface area is 172 Å². The molecule has 1 N–H and O–H groups in total. The minimum atomic E-state index is -0.366. The Morgan fingerprint density at radius 1 is 1.17 bits per heavy atom. The molecule has 1 heterocycles. The van der Waals surface area contributed by atoms with Crippen molar-refractivity contribution in [2.24, 2.45) is 0 Å². The van der Waals surface area contributed by atoms with Gasteiger partial charge in [0.25, 0.3) is 0 Å². The van der Waals surface area contributed by atoms with E-state index in [0.29, 0.717) is 49.5 Å². The SMILES string of the molecule is COCCCNC(=O)CCC(C)=CCc1c(OC)c(C)c2c(c1OC)C(=O)OC2. The molecule has 0 saturated heterocycles. The van der Waals surface area contributed by atoms with Gasteiger partial charge in [-0.15, -0.1) is 0 Å². The highest BCUT2D eigenvalue weighted by Crippen LogP contribution is 2.42. The average Bonchev–Trinajstić information content (AvgIpc) is 3.10. The number of allylic oxidation sites excluding steroid dienone is 2. The van der Waals surface area contributed by atoms with Crippen molar-refractivity contribution in [3.63, 3.8) is 0 Å². The van der Waals surface area contributed by atoms with E-state index in [0.717, 1.165) is 28.7 Å². The average molecular weight is 405 g/mol. The third kappa shape index (κ3) is 5.50. The van der Waals surface area contributed by atoms with E-state index in [2.05, 4.69) is 5.32 Å². The van der Waals surface area contributed by atoms with E-state index >= 15 is 0 Å². The highest BCUT2D eigenvalue weighted by Gasteiger charge is 2.32. The predicted octanol–water partition coefficient (Wildman–Crippen LogP) is 3.10. The van der Waals surface area contributed by atoms with Crippen LogP contribution in [-0.4, -0.2) is 46.4 Å². The molecule has 0 unspecified atom stereocenters. The van der Waals surface area contributed by atoms with Crippen LogP contribution in [0.15, 0.2) is 11.6 Å². The summed E-state index contributed by atoms with van der Waals surface area (Å²) in [6.07, 6.45) is 4.47. The number of carbonyl (C=O) groups excluding carboxylic acids is 2. The fourth-order valence-corrected chi connectivity index (χ4v) is 3.46. The first-order valence-electron chi connectivity index (χ1n) is 9.79. The van der Waals surface area contributed by atoms with Crippen molar-refractivity contribution < 1.29 is 28.5 Å². The molecule has 1 aromatic carbocycles. The van der Waals surface area contributed by atoms with Crippen molar-refractivity contribution in [3.8, 4) is 11.5 Å². The Balaban J connectivity index is 2.09. The van der Waals surface area contributed by atoms with Crippen LogP contribution in [0.4, 0.5) is 0 Å². The molecule has 1 amide bonds. The van der Waals surface area contributed by atoms with Crippen LogP contribution < -0.4 is 14.8 Å². The highest BCUT2D eigenvalue weighted by molar-refractivity contribution is 5.98. The van der Waals surface area contributed by atoms with Gasteiger partial charge >= 0.3 is 5.97 Å². The first kappa shape index (κ1) is 22.7. The molecule has 0 saturated carbocycles. The van der Waals surface area contributed by atoms with Crippen molar-refractivity contribution in [2.75, 3.05) is 34.5 Å². The normalized spacial score (nSPS) is 13.1. The van der Waals surface area contributed by atoms with Gasteiger partial charge in [0.2, 0.25) is 5.91 Å². The zero-order valence-electron chi connectivity index (χ0n) is 18.0. The highest BCUT2D eigenvalue weighted by atomic mass is 16.5. The van der Waals surface area contributed by atoms with Crippen LogP contribution in [0.25, 0.3) is 0 Å². The molecule has 0 bridgehead atoms. The van der Waals surface area contributed by atoms with Gasteiger partial charge in [-0.1, -0.05) is 11.6 Å². The molecule has 2 rings (SSSR count). The summed E-state index contributed by atoms with van der Waals surface area (Å²) in [6.45, 7) is 5.41. The molecule has 0 radical (unpaired) electrons. The van der Waals surface area contributed by atoms with E-state index in [4.69, 9.17) is 18.9 Å². The Hall–Kier alpha value is -2.54. The van der Waals surface area contributed by atoms with E-state index in [-0.39, 0.29) is 18.5 Å². The van der Waals surface area contributed by atoms with Crippen molar-refractivity contribution >= 4 is 11.9 Å². The van der Waals surface area contributed by atoms with Gasteiger partial charge in [0.15, 0.2) is 0 Å². The Bertz CT molecular complexity index is 784. The van der Waals surface area contributed by atoms with Gasteiger partial charge in [0.05, 0.1) is 14.2 Å². The Kier molecular flexibility index (Phi) is 8.51. The standard InChI is InChI=1S/C22H31NO6/c1-14(8-10-18(24)23-11-6-12-26-3)7-9-16-20(27-4)15(2)17-13-29-22(25)19(17)21(16)28-5/h7H,6,8-13H2,1-5H3,(H,23,24). The maximum Gasteiger partial charge on any atom is 0.342 e. The summed E-state index contributed by atoms with van der Waals surface area (Å²) in [5, 5.41) is 2.89. The van der Waals surface area contributed by atoms with Gasteiger partial charge in [-0.05, 0) is 38.7 Å².